The van der Waals surface area contributed by atoms with Crippen molar-refractivity contribution in [2.24, 2.45) is 0 Å². The van der Waals surface area contributed by atoms with Crippen LogP contribution in [0.25, 0.3) is 76.5 Å². The average molecular weight is 532 g/mol. The van der Waals surface area contributed by atoms with Gasteiger partial charge in [0, 0.05) is 0 Å². The van der Waals surface area contributed by atoms with Crippen molar-refractivity contribution in [3.8, 4) is 39.4 Å². The summed E-state index contributed by atoms with van der Waals surface area (Å²) < 4.78 is 0. The second-order valence-electron chi connectivity index (χ2n) is 10.9. The van der Waals surface area contributed by atoms with Crippen LogP contribution in [0, 0.1) is 11.3 Å². The van der Waals surface area contributed by atoms with Crippen LogP contribution in [-0.2, 0) is 0 Å². The summed E-state index contributed by atoms with van der Waals surface area (Å²) in [6, 6.07) is 56.3. The first-order chi connectivity index (χ1) is 20.8. The molecule has 8 aromatic rings. The van der Waals surface area contributed by atoms with E-state index in [0.717, 1.165) is 22.3 Å². The van der Waals surface area contributed by atoms with Gasteiger partial charge >= 0.3 is 0 Å². The molecule has 0 atom stereocenters. The Hall–Kier alpha value is -5.71. The highest BCUT2D eigenvalue weighted by molar-refractivity contribution is 6.23. The summed E-state index contributed by atoms with van der Waals surface area (Å²) in [6.45, 7) is 0. The Bertz CT molecular complexity index is 2370. The Morgan fingerprint density at radius 3 is 1.81 bits per heavy atom. The first-order valence-electron chi connectivity index (χ1n) is 14.2. The molecule has 42 heavy (non-hydrogen) atoms. The molecule has 1 heteroatoms. The van der Waals surface area contributed by atoms with Gasteiger partial charge in [-0.2, -0.15) is 5.26 Å². The molecule has 0 heterocycles. The maximum Gasteiger partial charge on any atom is 0.0998 e. The van der Waals surface area contributed by atoms with Gasteiger partial charge in [-0.25, -0.2) is 0 Å². The molecule has 0 aliphatic carbocycles. The predicted molar refractivity (Wildman–Crippen MR) is 177 cm³/mol. The number of fused-ring (bicyclic) bond motifs is 6. The molecular formula is C41H25N. The van der Waals surface area contributed by atoms with Crippen molar-refractivity contribution in [1.29, 1.82) is 5.26 Å². The zero-order valence-electron chi connectivity index (χ0n) is 22.9. The maximum atomic E-state index is 9.59. The second-order valence-corrected chi connectivity index (χ2v) is 10.9. The van der Waals surface area contributed by atoms with E-state index in [1.165, 1.54) is 54.2 Å². The Labute approximate surface area is 244 Å². The Balaban J connectivity index is 1.24. The third kappa shape index (κ3) is 3.93. The Morgan fingerprint density at radius 2 is 0.952 bits per heavy atom. The zero-order chi connectivity index (χ0) is 28.0. The topological polar surface area (TPSA) is 23.8 Å². The fourth-order valence-electron chi connectivity index (χ4n) is 6.41. The Morgan fingerprint density at radius 1 is 0.357 bits per heavy atom. The van der Waals surface area contributed by atoms with E-state index in [1.807, 2.05) is 24.3 Å². The first-order valence-corrected chi connectivity index (χ1v) is 14.2. The first kappa shape index (κ1) is 24.1. The summed E-state index contributed by atoms with van der Waals surface area (Å²) in [4.78, 5) is 0. The van der Waals surface area contributed by atoms with Crippen LogP contribution >= 0.6 is 0 Å². The summed E-state index contributed by atoms with van der Waals surface area (Å²) in [7, 11) is 0. The quantitative estimate of drug-likeness (QED) is 0.208. The van der Waals surface area contributed by atoms with E-state index in [-0.39, 0.29) is 0 Å². The number of benzene rings is 8. The summed E-state index contributed by atoms with van der Waals surface area (Å²) in [5.74, 6) is 0. The monoisotopic (exact) mass is 531 g/mol. The molecule has 8 aromatic carbocycles. The molecule has 0 unspecified atom stereocenters. The second kappa shape index (κ2) is 9.73. The van der Waals surface area contributed by atoms with Crippen LogP contribution in [-0.4, -0.2) is 0 Å². The molecule has 0 fully saturated rings. The van der Waals surface area contributed by atoms with E-state index in [4.69, 9.17) is 0 Å². The molecule has 0 spiro atoms. The molecule has 0 aliphatic heterocycles. The minimum atomic E-state index is 0.690. The van der Waals surface area contributed by atoms with E-state index in [0.29, 0.717) is 5.56 Å². The molecule has 0 saturated heterocycles. The number of hydrogen-bond acceptors (Lipinski definition) is 1. The standard InChI is InChI=1S/C41H25N/c42-26-35-9-2-3-12-36(35)32-11-7-10-28(23-32)29-17-18-31-24-33(20-19-30(31)22-29)40-25-34-21-16-27-8-1-4-13-37(27)41(34)39-15-6-5-14-38(39)40/h1-25H. The fraction of sp³-hybridized carbons (Fsp3) is 0. The van der Waals surface area contributed by atoms with Crippen molar-refractivity contribution in [2.45, 2.75) is 0 Å². The summed E-state index contributed by atoms with van der Waals surface area (Å²) in [5.41, 5.74) is 7.47. The van der Waals surface area contributed by atoms with Gasteiger partial charge in [-0.3, -0.25) is 0 Å². The van der Waals surface area contributed by atoms with Crippen LogP contribution in [0.2, 0.25) is 0 Å². The lowest BCUT2D eigenvalue weighted by Crippen LogP contribution is -1.87. The number of nitrogens with zero attached hydrogens (tertiary/aromatic N) is 1. The van der Waals surface area contributed by atoms with Crippen LogP contribution < -0.4 is 0 Å². The fourth-order valence-corrected chi connectivity index (χ4v) is 6.41. The molecule has 0 aliphatic rings. The highest BCUT2D eigenvalue weighted by Crippen LogP contribution is 2.39. The van der Waals surface area contributed by atoms with E-state index in [2.05, 4.69) is 133 Å². The summed E-state index contributed by atoms with van der Waals surface area (Å²) in [5, 5.41) is 19.7. The number of nitriles is 1. The van der Waals surface area contributed by atoms with Gasteiger partial charge < -0.3 is 0 Å². The summed E-state index contributed by atoms with van der Waals surface area (Å²) >= 11 is 0. The molecule has 194 valence electrons. The minimum absolute atomic E-state index is 0.690. The number of rotatable bonds is 3. The van der Waals surface area contributed by atoms with Crippen LogP contribution in [0.3, 0.4) is 0 Å². The van der Waals surface area contributed by atoms with Crippen LogP contribution in [0.4, 0.5) is 0 Å². The van der Waals surface area contributed by atoms with Gasteiger partial charge in [0.2, 0.25) is 0 Å². The van der Waals surface area contributed by atoms with Gasteiger partial charge in [0.1, 0.15) is 0 Å². The molecule has 0 aromatic heterocycles. The third-order valence-electron chi connectivity index (χ3n) is 8.45. The highest BCUT2D eigenvalue weighted by Gasteiger charge is 2.12. The lowest BCUT2D eigenvalue weighted by atomic mass is 9.90. The molecule has 0 amide bonds. The minimum Gasteiger partial charge on any atom is -0.192 e. The van der Waals surface area contributed by atoms with Crippen LogP contribution in [0.15, 0.2) is 152 Å². The lowest BCUT2D eigenvalue weighted by molar-refractivity contribution is 1.48. The molecule has 8 rings (SSSR count). The maximum absolute atomic E-state index is 9.59. The molecule has 0 radical (unpaired) electrons. The van der Waals surface area contributed by atoms with Gasteiger partial charge in [-0.05, 0) is 107 Å². The third-order valence-corrected chi connectivity index (χ3v) is 8.45. The van der Waals surface area contributed by atoms with Crippen molar-refractivity contribution in [2.75, 3.05) is 0 Å². The molecular weight excluding hydrogens is 506 g/mol. The van der Waals surface area contributed by atoms with E-state index >= 15 is 0 Å². The molecule has 0 N–H and O–H groups in total. The molecule has 0 saturated carbocycles. The van der Waals surface area contributed by atoms with Crippen LogP contribution in [0.5, 0.6) is 0 Å². The average Bonchev–Trinajstić information content (AvgIpc) is 3.07. The normalized spacial score (nSPS) is 11.3. The smallest absolute Gasteiger partial charge is 0.0998 e. The van der Waals surface area contributed by atoms with Crippen molar-refractivity contribution in [3.05, 3.63) is 157 Å². The van der Waals surface area contributed by atoms with Gasteiger partial charge in [0.05, 0.1) is 11.6 Å². The molecule has 0 bridgehead atoms. The van der Waals surface area contributed by atoms with Crippen LogP contribution in [0.1, 0.15) is 5.56 Å². The van der Waals surface area contributed by atoms with Crippen molar-refractivity contribution >= 4 is 43.1 Å². The van der Waals surface area contributed by atoms with Crippen molar-refractivity contribution in [3.63, 3.8) is 0 Å². The van der Waals surface area contributed by atoms with Gasteiger partial charge in [0.25, 0.3) is 0 Å². The number of hydrogen-bond donors (Lipinski definition) is 0. The van der Waals surface area contributed by atoms with E-state index in [1.54, 1.807) is 0 Å². The molecule has 1 nitrogen and oxygen atoms in total. The summed E-state index contributed by atoms with van der Waals surface area (Å²) in [6.07, 6.45) is 0. The predicted octanol–water partition coefficient (Wildman–Crippen LogP) is 11.2. The van der Waals surface area contributed by atoms with E-state index < -0.39 is 0 Å². The van der Waals surface area contributed by atoms with Gasteiger partial charge in [-0.1, -0.05) is 121 Å². The van der Waals surface area contributed by atoms with Gasteiger partial charge in [0.15, 0.2) is 0 Å². The van der Waals surface area contributed by atoms with Crippen molar-refractivity contribution < 1.29 is 0 Å². The lowest BCUT2D eigenvalue weighted by Gasteiger charge is -2.14. The highest BCUT2D eigenvalue weighted by atomic mass is 14.2. The van der Waals surface area contributed by atoms with Crippen molar-refractivity contribution in [1.82, 2.24) is 0 Å². The SMILES string of the molecule is N#Cc1ccccc1-c1cccc(-c2ccc3cc(-c4cc5ccc6ccccc6c5c5ccccc45)ccc3c2)c1. The Kier molecular flexibility index (Phi) is 5.59. The van der Waals surface area contributed by atoms with Gasteiger partial charge in [-0.15, -0.1) is 0 Å². The largest absolute Gasteiger partial charge is 0.192 e. The van der Waals surface area contributed by atoms with E-state index in [9.17, 15) is 5.26 Å². The zero-order valence-corrected chi connectivity index (χ0v) is 22.9.